The predicted octanol–water partition coefficient (Wildman–Crippen LogP) is 5.12. The molecule has 3 amide bonds. The van der Waals surface area contributed by atoms with Crippen molar-refractivity contribution in [2.75, 3.05) is 22.1 Å². The fourth-order valence-corrected chi connectivity index (χ4v) is 4.04. The van der Waals surface area contributed by atoms with E-state index in [2.05, 4.69) is 10.6 Å². The predicted molar refractivity (Wildman–Crippen MR) is 153 cm³/mol. The zero-order chi connectivity index (χ0) is 29.7. The molecule has 1 aliphatic rings. The Morgan fingerprint density at radius 1 is 0.780 bits per heavy atom. The highest BCUT2D eigenvalue weighted by atomic mass is 35.5. The first kappa shape index (κ1) is 29.0. The van der Waals surface area contributed by atoms with Crippen molar-refractivity contribution in [2.24, 2.45) is 0 Å². The van der Waals surface area contributed by atoms with E-state index in [9.17, 15) is 24.0 Å². The summed E-state index contributed by atoms with van der Waals surface area (Å²) in [6.45, 7) is 5.42. The van der Waals surface area contributed by atoms with Gasteiger partial charge in [-0.2, -0.15) is 0 Å². The number of ether oxygens (including phenoxy) is 2. The van der Waals surface area contributed by atoms with Gasteiger partial charge in [0.15, 0.2) is 0 Å². The summed E-state index contributed by atoms with van der Waals surface area (Å²) in [6, 6.07) is 18.3. The molecule has 0 fully saturated rings. The minimum atomic E-state index is -0.720. The molecule has 4 rings (SSSR count). The molecule has 41 heavy (non-hydrogen) atoms. The minimum Gasteiger partial charge on any atom is -0.462 e. The number of rotatable bonds is 9. The summed E-state index contributed by atoms with van der Waals surface area (Å²) >= 11 is 6.21. The Balaban J connectivity index is 1.40. The summed E-state index contributed by atoms with van der Waals surface area (Å²) in [4.78, 5) is 63.3. The lowest BCUT2D eigenvalue weighted by Gasteiger charge is -2.15. The number of imide groups is 1. The van der Waals surface area contributed by atoms with Crippen molar-refractivity contribution in [3.8, 4) is 0 Å². The highest BCUT2D eigenvalue weighted by Gasteiger charge is 2.39. The quantitative estimate of drug-likeness (QED) is 0.266. The summed E-state index contributed by atoms with van der Waals surface area (Å²) in [5.74, 6) is -2.76. The van der Waals surface area contributed by atoms with Crippen LogP contribution in [0.25, 0.3) is 0 Å². The molecule has 0 saturated heterocycles. The van der Waals surface area contributed by atoms with Gasteiger partial charge in [0, 0.05) is 16.9 Å². The van der Waals surface area contributed by atoms with E-state index in [1.54, 1.807) is 57.2 Å². The standard InChI is InChI=1S/C30H26ClN3O7/c1-4-40-29(38)19-9-15-23(16-10-19)34-27(36)24(31)25(28(34)37)32-21-11-5-18(6-12-21)26(35)33-22-13-7-20(8-14-22)30(39)41-17(2)3/h5-17,32H,4H2,1-3H3,(H,33,35). The van der Waals surface area contributed by atoms with Crippen LogP contribution in [-0.4, -0.2) is 42.4 Å². The first-order chi connectivity index (χ1) is 19.6. The molecular formula is C30H26ClN3O7. The van der Waals surface area contributed by atoms with Crippen LogP contribution in [0.3, 0.4) is 0 Å². The van der Waals surface area contributed by atoms with Gasteiger partial charge in [0.05, 0.1) is 29.5 Å². The highest BCUT2D eigenvalue weighted by molar-refractivity contribution is 6.53. The van der Waals surface area contributed by atoms with E-state index in [0.29, 0.717) is 22.5 Å². The maximum Gasteiger partial charge on any atom is 0.338 e. The first-order valence-corrected chi connectivity index (χ1v) is 13.0. The number of halogens is 1. The van der Waals surface area contributed by atoms with Crippen LogP contribution in [-0.2, 0) is 19.1 Å². The molecule has 1 aliphatic heterocycles. The third-order valence-corrected chi connectivity index (χ3v) is 6.15. The topological polar surface area (TPSA) is 131 Å². The van der Waals surface area contributed by atoms with Crippen LogP contribution >= 0.6 is 11.6 Å². The molecule has 1 heterocycles. The largest absolute Gasteiger partial charge is 0.462 e. The summed E-state index contributed by atoms with van der Waals surface area (Å²) < 4.78 is 10.1. The molecule has 0 atom stereocenters. The van der Waals surface area contributed by atoms with Gasteiger partial charge in [-0.15, -0.1) is 0 Å². The van der Waals surface area contributed by atoms with E-state index in [-0.39, 0.29) is 34.7 Å². The molecule has 10 nitrogen and oxygen atoms in total. The van der Waals surface area contributed by atoms with E-state index in [0.717, 1.165) is 4.90 Å². The molecule has 0 unspecified atom stereocenters. The van der Waals surface area contributed by atoms with Gasteiger partial charge in [-0.1, -0.05) is 11.6 Å². The van der Waals surface area contributed by atoms with Gasteiger partial charge in [0.25, 0.3) is 17.7 Å². The van der Waals surface area contributed by atoms with Crippen molar-refractivity contribution in [1.29, 1.82) is 0 Å². The van der Waals surface area contributed by atoms with Crippen molar-refractivity contribution in [2.45, 2.75) is 26.9 Å². The third-order valence-electron chi connectivity index (χ3n) is 5.80. The van der Waals surface area contributed by atoms with Crippen molar-refractivity contribution in [3.63, 3.8) is 0 Å². The van der Waals surface area contributed by atoms with Crippen LogP contribution in [0.2, 0.25) is 0 Å². The van der Waals surface area contributed by atoms with Gasteiger partial charge >= 0.3 is 11.9 Å². The molecular weight excluding hydrogens is 550 g/mol. The molecule has 2 N–H and O–H groups in total. The smallest absolute Gasteiger partial charge is 0.338 e. The molecule has 11 heteroatoms. The van der Waals surface area contributed by atoms with Gasteiger partial charge in [-0.25, -0.2) is 14.5 Å². The van der Waals surface area contributed by atoms with E-state index in [4.69, 9.17) is 21.1 Å². The lowest BCUT2D eigenvalue weighted by atomic mass is 10.1. The van der Waals surface area contributed by atoms with Crippen molar-refractivity contribution in [1.82, 2.24) is 0 Å². The van der Waals surface area contributed by atoms with Gasteiger partial charge in [0.2, 0.25) is 0 Å². The Hall–Kier alpha value is -4.96. The number of hydrogen-bond acceptors (Lipinski definition) is 8. The van der Waals surface area contributed by atoms with E-state index in [1.165, 1.54) is 36.4 Å². The van der Waals surface area contributed by atoms with E-state index in [1.807, 2.05) is 0 Å². The summed E-state index contributed by atoms with van der Waals surface area (Å²) in [5, 5.41) is 5.29. The SMILES string of the molecule is CCOC(=O)c1ccc(N2C(=O)C(Cl)=C(Nc3ccc(C(=O)Nc4ccc(C(=O)OC(C)C)cc4)cc3)C2=O)cc1. The van der Waals surface area contributed by atoms with E-state index < -0.39 is 29.7 Å². The van der Waals surface area contributed by atoms with Crippen LogP contribution in [0.5, 0.6) is 0 Å². The normalized spacial score (nSPS) is 13.0. The number of nitrogens with zero attached hydrogens (tertiary/aromatic N) is 1. The molecule has 0 bridgehead atoms. The monoisotopic (exact) mass is 575 g/mol. The fourth-order valence-electron chi connectivity index (χ4n) is 3.83. The number of carbonyl (C=O) groups is 5. The second-order valence-electron chi connectivity index (χ2n) is 9.09. The Kier molecular flexibility index (Phi) is 8.84. The Labute approximate surface area is 240 Å². The molecule has 0 radical (unpaired) electrons. The summed E-state index contributed by atoms with van der Waals surface area (Å²) in [5.41, 5.74) is 1.99. The van der Waals surface area contributed by atoms with Crippen LogP contribution in [0.15, 0.2) is 83.5 Å². The fraction of sp³-hybridized carbons (Fsp3) is 0.167. The number of carbonyl (C=O) groups excluding carboxylic acids is 5. The summed E-state index contributed by atoms with van der Waals surface area (Å²) in [6.07, 6.45) is -0.241. The third kappa shape index (κ3) is 6.62. The first-order valence-electron chi connectivity index (χ1n) is 12.6. The Bertz CT molecular complexity index is 1530. The Morgan fingerprint density at radius 2 is 1.32 bits per heavy atom. The molecule has 210 valence electrons. The lowest BCUT2D eigenvalue weighted by Crippen LogP contribution is -2.32. The molecule has 0 aliphatic carbocycles. The van der Waals surface area contributed by atoms with Crippen LogP contribution in [0.4, 0.5) is 17.1 Å². The zero-order valence-electron chi connectivity index (χ0n) is 22.4. The molecule has 0 aromatic heterocycles. The van der Waals surface area contributed by atoms with Gasteiger partial charge in [-0.3, -0.25) is 14.4 Å². The molecule has 3 aromatic carbocycles. The van der Waals surface area contributed by atoms with E-state index >= 15 is 0 Å². The number of hydrogen-bond donors (Lipinski definition) is 2. The molecule has 3 aromatic rings. The molecule has 0 saturated carbocycles. The van der Waals surface area contributed by atoms with Crippen LogP contribution in [0, 0.1) is 0 Å². The average Bonchev–Trinajstić information content (AvgIpc) is 3.16. The second kappa shape index (κ2) is 12.5. The highest BCUT2D eigenvalue weighted by Crippen LogP contribution is 2.30. The average molecular weight is 576 g/mol. The van der Waals surface area contributed by atoms with Crippen molar-refractivity contribution < 1.29 is 33.4 Å². The van der Waals surface area contributed by atoms with Crippen LogP contribution < -0.4 is 15.5 Å². The number of anilines is 3. The minimum absolute atomic E-state index is 0.126. The number of amides is 3. The molecule has 0 spiro atoms. The lowest BCUT2D eigenvalue weighted by molar-refractivity contribution is -0.120. The number of benzene rings is 3. The number of nitrogens with one attached hydrogen (secondary N) is 2. The second-order valence-corrected chi connectivity index (χ2v) is 9.47. The van der Waals surface area contributed by atoms with Crippen molar-refractivity contribution >= 4 is 58.3 Å². The van der Waals surface area contributed by atoms with Gasteiger partial charge < -0.3 is 20.1 Å². The van der Waals surface area contributed by atoms with Crippen LogP contribution in [0.1, 0.15) is 51.8 Å². The zero-order valence-corrected chi connectivity index (χ0v) is 23.2. The summed E-state index contributed by atoms with van der Waals surface area (Å²) in [7, 11) is 0. The van der Waals surface area contributed by atoms with Gasteiger partial charge in [0.1, 0.15) is 10.7 Å². The maximum atomic E-state index is 13.1. The Morgan fingerprint density at radius 3 is 1.90 bits per heavy atom. The van der Waals surface area contributed by atoms with Gasteiger partial charge in [-0.05, 0) is 93.6 Å². The van der Waals surface area contributed by atoms with Crippen molar-refractivity contribution in [3.05, 3.63) is 100 Å². The number of esters is 2. The maximum absolute atomic E-state index is 13.1.